The van der Waals surface area contributed by atoms with E-state index in [-0.39, 0.29) is 6.61 Å². The molecule has 12 heavy (non-hydrogen) atoms. The SMILES string of the molecule is CCOCC(O)c1cn[nH]c1N. The Bertz CT molecular complexity index is 236. The minimum Gasteiger partial charge on any atom is -0.386 e. The van der Waals surface area contributed by atoms with Crippen LogP contribution >= 0.6 is 0 Å². The topological polar surface area (TPSA) is 84.2 Å². The molecule has 0 spiro atoms. The van der Waals surface area contributed by atoms with Crippen molar-refractivity contribution in [1.29, 1.82) is 0 Å². The van der Waals surface area contributed by atoms with E-state index in [0.29, 0.717) is 18.0 Å². The van der Waals surface area contributed by atoms with Gasteiger partial charge in [-0.3, -0.25) is 5.10 Å². The molecular formula is C7H13N3O2. The summed E-state index contributed by atoms with van der Waals surface area (Å²) in [6.07, 6.45) is 0.808. The van der Waals surface area contributed by atoms with Gasteiger partial charge < -0.3 is 15.6 Å². The predicted octanol–water partition coefficient (Wildman–Crippen LogP) is 0.0618. The van der Waals surface area contributed by atoms with Crippen LogP contribution in [0.1, 0.15) is 18.6 Å². The number of nitrogens with zero attached hydrogens (tertiary/aromatic N) is 1. The Balaban J connectivity index is 2.52. The van der Waals surface area contributed by atoms with Gasteiger partial charge in [0.15, 0.2) is 0 Å². The largest absolute Gasteiger partial charge is 0.386 e. The van der Waals surface area contributed by atoms with Crippen molar-refractivity contribution in [2.45, 2.75) is 13.0 Å². The fraction of sp³-hybridized carbons (Fsp3) is 0.571. The number of rotatable bonds is 4. The number of aliphatic hydroxyl groups is 1. The highest BCUT2D eigenvalue weighted by molar-refractivity contribution is 5.38. The van der Waals surface area contributed by atoms with E-state index in [0.717, 1.165) is 0 Å². The first-order valence-corrected chi connectivity index (χ1v) is 3.80. The van der Waals surface area contributed by atoms with Gasteiger partial charge in [-0.05, 0) is 6.92 Å². The van der Waals surface area contributed by atoms with E-state index in [1.807, 2.05) is 6.92 Å². The lowest BCUT2D eigenvalue weighted by Crippen LogP contribution is -2.08. The van der Waals surface area contributed by atoms with Crippen molar-refractivity contribution in [3.05, 3.63) is 11.8 Å². The molecule has 0 radical (unpaired) electrons. The van der Waals surface area contributed by atoms with Gasteiger partial charge in [0.2, 0.25) is 0 Å². The van der Waals surface area contributed by atoms with Gasteiger partial charge in [-0.1, -0.05) is 0 Å². The molecule has 0 saturated heterocycles. The van der Waals surface area contributed by atoms with Crippen LogP contribution in [0.3, 0.4) is 0 Å². The number of hydrogen-bond acceptors (Lipinski definition) is 4. The minimum atomic E-state index is -0.691. The zero-order valence-electron chi connectivity index (χ0n) is 6.95. The van der Waals surface area contributed by atoms with E-state index in [4.69, 9.17) is 10.5 Å². The summed E-state index contributed by atoms with van der Waals surface area (Å²) in [6, 6.07) is 0. The quantitative estimate of drug-likeness (QED) is 0.598. The number of anilines is 1. The first-order chi connectivity index (χ1) is 5.75. The fourth-order valence-electron chi connectivity index (χ4n) is 0.890. The lowest BCUT2D eigenvalue weighted by molar-refractivity contribution is 0.0424. The number of nitrogen functional groups attached to an aromatic ring is 1. The predicted molar refractivity (Wildman–Crippen MR) is 44.5 cm³/mol. The minimum absolute atomic E-state index is 0.250. The Morgan fingerprint density at radius 2 is 2.58 bits per heavy atom. The molecule has 1 unspecified atom stereocenters. The second-order valence-electron chi connectivity index (χ2n) is 2.41. The molecule has 0 amide bonds. The molecule has 1 aromatic heterocycles. The van der Waals surface area contributed by atoms with Gasteiger partial charge >= 0.3 is 0 Å². The van der Waals surface area contributed by atoms with E-state index < -0.39 is 6.10 Å². The highest BCUT2D eigenvalue weighted by Gasteiger charge is 2.11. The van der Waals surface area contributed by atoms with Crippen LogP contribution in [0.2, 0.25) is 0 Å². The standard InChI is InChI=1S/C7H13N3O2/c1-2-12-4-6(11)5-3-9-10-7(5)8/h3,6,11H,2,4H2,1H3,(H3,8,9,10). The molecule has 5 nitrogen and oxygen atoms in total. The van der Waals surface area contributed by atoms with Crippen LogP contribution in [0.5, 0.6) is 0 Å². The highest BCUT2D eigenvalue weighted by atomic mass is 16.5. The Morgan fingerprint density at radius 3 is 3.08 bits per heavy atom. The summed E-state index contributed by atoms with van der Waals surface area (Å²) in [5, 5.41) is 15.7. The van der Waals surface area contributed by atoms with Crippen LogP contribution in [0.4, 0.5) is 5.82 Å². The van der Waals surface area contributed by atoms with Crippen molar-refractivity contribution >= 4 is 5.82 Å². The normalized spacial score (nSPS) is 13.2. The number of aliphatic hydroxyl groups excluding tert-OH is 1. The molecule has 0 aliphatic rings. The van der Waals surface area contributed by atoms with Crippen molar-refractivity contribution in [2.75, 3.05) is 18.9 Å². The summed E-state index contributed by atoms with van der Waals surface area (Å²) in [5.41, 5.74) is 6.07. The highest BCUT2D eigenvalue weighted by Crippen LogP contribution is 2.16. The maximum absolute atomic E-state index is 9.46. The van der Waals surface area contributed by atoms with Crippen molar-refractivity contribution in [1.82, 2.24) is 10.2 Å². The lowest BCUT2D eigenvalue weighted by atomic mass is 10.2. The number of H-pyrrole nitrogens is 1. The van der Waals surface area contributed by atoms with Gasteiger partial charge in [-0.25, -0.2) is 0 Å². The molecule has 5 heteroatoms. The van der Waals surface area contributed by atoms with Gasteiger partial charge in [-0.2, -0.15) is 5.10 Å². The van der Waals surface area contributed by atoms with E-state index in [1.165, 1.54) is 6.20 Å². The summed E-state index contributed by atoms with van der Waals surface area (Å²) in [6.45, 7) is 2.69. The first-order valence-electron chi connectivity index (χ1n) is 3.80. The molecule has 0 aromatic carbocycles. The average Bonchev–Trinajstić information content (AvgIpc) is 2.47. The summed E-state index contributed by atoms with van der Waals surface area (Å²) >= 11 is 0. The third-order valence-electron chi connectivity index (χ3n) is 1.54. The maximum atomic E-state index is 9.46. The van der Waals surface area contributed by atoms with E-state index in [2.05, 4.69) is 10.2 Å². The van der Waals surface area contributed by atoms with Gasteiger partial charge in [0.1, 0.15) is 11.9 Å². The number of nitrogens with two attached hydrogens (primary N) is 1. The second-order valence-corrected chi connectivity index (χ2v) is 2.41. The fourth-order valence-corrected chi connectivity index (χ4v) is 0.890. The monoisotopic (exact) mass is 171 g/mol. The molecule has 0 saturated carbocycles. The van der Waals surface area contributed by atoms with Gasteiger partial charge in [-0.15, -0.1) is 0 Å². The van der Waals surface area contributed by atoms with E-state index in [1.54, 1.807) is 0 Å². The molecule has 1 aromatic rings. The molecular weight excluding hydrogens is 158 g/mol. The first kappa shape index (κ1) is 9.02. The summed E-state index contributed by atoms with van der Waals surface area (Å²) in [4.78, 5) is 0. The maximum Gasteiger partial charge on any atom is 0.124 e. The van der Waals surface area contributed by atoms with Crippen LogP contribution in [-0.2, 0) is 4.74 Å². The molecule has 0 aliphatic carbocycles. The summed E-state index contributed by atoms with van der Waals surface area (Å²) in [7, 11) is 0. The summed E-state index contributed by atoms with van der Waals surface area (Å²) < 4.78 is 5.03. The zero-order chi connectivity index (χ0) is 8.97. The van der Waals surface area contributed by atoms with Crippen molar-refractivity contribution < 1.29 is 9.84 Å². The Labute approximate surface area is 70.5 Å². The van der Waals surface area contributed by atoms with Gasteiger partial charge in [0.25, 0.3) is 0 Å². The van der Waals surface area contributed by atoms with E-state index in [9.17, 15) is 5.11 Å². The van der Waals surface area contributed by atoms with Crippen molar-refractivity contribution in [2.24, 2.45) is 0 Å². The van der Waals surface area contributed by atoms with Crippen molar-refractivity contribution in [3.63, 3.8) is 0 Å². The van der Waals surface area contributed by atoms with Gasteiger partial charge in [0, 0.05) is 12.2 Å². The number of aromatic nitrogens is 2. The molecule has 1 rings (SSSR count). The van der Waals surface area contributed by atoms with Gasteiger partial charge in [0.05, 0.1) is 12.8 Å². The number of hydrogen-bond donors (Lipinski definition) is 3. The van der Waals surface area contributed by atoms with Crippen molar-refractivity contribution in [3.8, 4) is 0 Å². The Morgan fingerprint density at radius 1 is 1.83 bits per heavy atom. The number of nitrogens with one attached hydrogen (secondary N) is 1. The van der Waals surface area contributed by atoms with Crippen LogP contribution in [0.25, 0.3) is 0 Å². The molecule has 0 aliphatic heterocycles. The van der Waals surface area contributed by atoms with E-state index >= 15 is 0 Å². The molecule has 1 atom stereocenters. The van der Waals surface area contributed by atoms with Crippen LogP contribution in [-0.4, -0.2) is 28.5 Å². The second kappa shape index (κ2) is 4.08. The molecule has 1 heterocycles. The summed E-state index contributed by atoms with van der Waals surface area (Å²) in [5.74, 6) is 0.391. The molecule has 4 N–H and O–H groups in total. The Kier molecular flexibility index (Phi) is 3.07. The van der Waals surface area contributed by atoms with Crippen LogP contribution in [0, 0.1) is 0 Å². The smallest absolute Gasteiger partial charge is 0.124 e. The molecule has 68 valence electrons. The van der Waals surface area contributed by atoms with Crippen LogP contribution < -0.4 is 5.73 Å². The zero-order valence-corrected chi connectivity index (χ0v) is 6.95. The molecule has 0 bridgehead atoms. The molecule has 0 fully saturated rings. The lowest BCUT2D eigenvalue weighted by Gasteiger charge is -2.08. The average molecular weight is 171 g/mol. The third kappa shape index (κ3) is 1.96. The third-order valence-corrected chi connectivity index (χ3v) is 1.54. The number of ether oxygens (including phenoxy) is 1. The number of aromatic amines is 1. The van der Waals surface area contributed by atoms with Crippen LogP contribution in [0.15, 0.2) is 6.20 Å². The Hall–Kier alpha value is -1.07.